The second-order valence-electron chi connectivity index (χ2n) is 10.3. The maximum atomic E-state index is 13.7. The summed E-state index contributed by atoms with van der Waals surface area (Å²) in [4.78, 5) is 45.8. The number of aromatic nitrogens is 3. The fourth-order valence-electron chi connectivity index (χ4n) is 5.01. The molecule has 2 aromatic heterocycles. The molecule has 6 rings (SSSR count). The quantitative estimate of drug-likeness (QED) is 0.211. The lowest BCUT2D eigenvalue weighted by atomic mass is 10.0. The highest BCUT2D eigenvalue weighted by molar-refractivity contribution is 8.18. The smallest absolute Gasteiger partial charge is 0.293 e. The number of benzene rings is 3. The Hall–Kier alpha value is -5.22. The van der Waals surface area contributed by atoms with Crippen molar-refractivity contribution in [2.75, 3.05) is 20.2 Å². The molecule has 220 valence electrons. The van der Waals surface area contributed by atoms with E-state index in [0.29, 0.717) is 38.6 Å². The van der Waals surface area contributed by atoms with E-state index >= 15 is 0 Å². The topological polar surface area (TPSA) is 106 Å². The Balaban J connectivity index is 1.25. The number of hydrogen-bond acceptors (Lipinski definition) is 7. The van der Waals surface area contributed by atoms with E-state index in [0.717, 1.165) is 39.0 Å². The van der Waals surface area contributed by atoms with E-state index in [-0.39, 0.29) is 24.2 Å². The van der Waals surface area contributed by atoms with Gasteiger partial charge in [0.25, 0.3) is 17.1 Å². The van der Waals surface area contributed by atoms with Gasteiger partial charge < -0.3 is 10.1 Å². The average Bonchev–Trinajstić information content (AvgIpc) is 3.52. The van der Waals surface area contributed by atoms with Gasteiger partial charge in [0.05, 0.1) is 40.0 Å². The van der Waals surface area contributed by atoms with Gasteiger partial charge in [0.15, 0.2) is 5.65 Å². The summed E-state index contributed by atoms with van der Waals surface area (Å²) < 4.78 is 6.93. The highest BCUT2D eigenvalue weighted by Crippen LogP contribution is 2.32. The number of hydrogen-bond donors (Lipinski definition) is 1. The van der Waals surface area contributed by atoms with E-state index in [1.54, 1.807) is 36.1 Å². The van der Waals surface area contributed by atoms with Crippen molar-refractivity contribution < 1.29 is 19.1 Å². The molecule has 0 unspecified atom stereocenters. The lowest BCUT2D eigenvalue weighted by molar-refractivity contribution is -0.122. The molecule has 9 nitrogen and oxygen atoms in total. The number of aryl methyl sites for hydroxylation is 2. The van der Waals surface area contributed by atoms with E-state index in [1.165, 1.54) is 0 Å². The highest BCUT2D eigenvalue weighted by Gasteiger charge is 2.34. The minimum absolute atomic E-state index is 0.0394. The van der Waals surface area contributed by atoms with Crippen LogP contribution in [0.2, 0.25) is 0 Å². The molecule has 3 aromatic carbocycles. The van der Waals surface area contributed by atoms with Crippen LogP contribution in [0, 0.1) is 13.8 Å². The summed E-state index contributed by atoms with van der Waals surface area (Å²) in [7, 11) is 1.58. The number of imide groups is 1. The first-order valence-corrected chi connectivity index (χ1v) is 14.8. The minimum Gasteiger partial charge on any atom is -0.497 e. The Morgan fingerprint density at radius 3 is 2.41 bits per heavy atom. The molecule has 0 aliphatic carbocycles. The number of thioether (sulfide) groups is 1. The molecular weight excluding hydrogens is 574 g/mol. The van der Waals surface area contributed by atoms with Gasteiger partial charge in [0.1, 0.15) is 5.75 Å². The number of pyridine rings is 1. The molecule has 0 radical (unpaired) electrons. The van der Waals surface area contributed by atoms with Crippen LogP contribution in [-0.2, 0) is 4.79 Å². The van der Waals surface area contributed by atoms with Crippen molar-refractivity contribution >= 4 is 45.9 Å². The summed E-state index contributed by atoms with van der Waals surface area (Å²) in [5.74, 6) is -0.0362. The number of carbonyl (C=O) groups is 3. The maximum absolute atomic E-state index is 13.7. The van der Waals surface area contributed by atoms with E-state index in [4.69, 9.17) is 14.8 Å². The second-order valence-corrected chi connectivity index (χ2v) is 11.3. The third kappa shape index (κ3) is 5.71. The van der Waals surface area contributed by atoms with Crippen LogP contribution in [0.4, 0.5) is 4.79 Å². The van der Waals surface area contributed by atoms with Crippen molar-refractivity contribution in [2.45, 2.75) is 13.8 Å². The monoisotopic (exact) mass is 603 g/mol. The lowest BCUT2D eigenvalue weighted by Crippen LogP contribution is -2.37. The first-order valence-electron chi connectivity index (χ1n) is 14.0. The molecule has 0 spiro atoms. The number of carbonyl (C=O) groups excluding carboxylic acids is 3. The first-order chi connectivity index (χ1) is 21.3. The number of amides is 3. The fraction of sp³-hybridized carbons (Fsp3) is 0.147. The SMILES string of the molecule is COc1ccc(/C=C2\SC(=O)N(CCNC(=O)c3cc(-c4ccccc4)nc4c3c(C)nn4-c3ccc(C)cc3)C2=O)cc1. The Morgan fingerprint density at radius 2 is 1.70 bits per heavy atom. The minimum atomic E-state index is -0.391. The van der Waals surface area contributed by atoms with Crippen LogP contribution < -0.4 is 10.1 Å². The maximum Gasteiger partial charge on any atom is 0.293 e. The molecule has 0 bridgehead atoms. The molecule has 5 aromatic rings. The zero-order chi connectivity index (χ0) is 30.8. The average molecular weight is 604 g/mol. The fourth-order valence-corrected chi connectivity index (χ4v) is 5.88. The summed E-state index contributed by atoms with van der Waals surface area (Å²) >= 11 is 0.882. The van der Waals surface area contributed by atoms with Crippen molar-refractivity contribution in [2.24, 2.45) is 0 Å². The van der Waals surface area contributed by atoms with Gasteiger partial charge in [-0.05, 0) is 67.6 Å². The van der Waals surface area contributed by atoms with Crippen LogP contribution >= 0.6 is 11.8 Å². The van der Waals surface area contributed by atoms with E-state index in [1.807, 2.05) is 80.6 Å². The summed E-state index contributed by atoms with van der Waals surface area (Å²) in [5.41, 5.74) is 5.86. The number of ether oxygens (including phenoxy) is 1. The van der Waals surface area contributed by atoms with Gasteiger partial charge in [-0.2, -0.15) is 5.10 Å². The highest BCUT2D eigenvalue weighted by atomic mass is 32.2. The standard InChI is InChI=1S/C34H29N5O4S/c1-21-9-13-25(14-10-21)39-31-30(22(2)37-39)27(20-28(36-31)24-7-5-4-6-8-24)32(40)35-17-18-38-33(41)29(44-34(38)42)19-23-11-15-26(43-3)16-12-23/h4-16,19-20H,17-18H2,1-3H3,(H,35,40)/b29-19-. The zero-order valence-electron chi connectivity index (χ0n) is 24.4. The van der Waals surface area contributed by atoms with Gasteiger partial charge >= 0.3 is 0 Å². The molecule has 0 atom stereocenters. The number of methoxy groups -OCH3 is 1. The molecule has 10 heteroatoms. The zero-order valence-corrected chi connectivity index (χ0v) is 25.2. The van der Waals surface area contributed by atoms with Crippen LogP contribution in [0.1, 0.15) is 27.2 Å². The number of nitrogens with zero attached hydrogens (tertiary/aromatic N) is 4. The van der Waals surface area contributed by atoms with Gasteiger partial charge in [0.2, 0.25) is 0 Å². The third-order valence-electron chi connectivity index (χ3n) is 7.31. The molecular formula is C34H29N5O4S. The molecule has 1 fully saturated rings. The molecule has 0 saturated carbocycles. The third-order valence-corrected chi connectivity index (χ3v) is 8.22. The van der Waals surface area contributed by atoms with E-state index in [9.17, 15) is 14.4 Å². The Bertz CT molecular complexity index is 1920. The summed E-state index contributed by atoms with van der Waals surface area (Å²) in [6, 6.07) is 26.6. The normalized spacial score (nSPS) is 14.1. The van der Waals surface area contributed by atoms with Crippen molar-refractivity contribution in [1.82, 2.24) is 25.0 Å². The Labute approximate surface area is 258 Å². The predicted molar refractivity (Wildman–Crippen MR) is 172 cm³/mol. The van der Waals surface area contributed by atoms with Gasteiger partial charge in [-0.3, -0.25) is 19.3 Å². The molecule has 3 heterocycles. The van der Waals surface area contributed by atoms with Crippen LogP contribution in [0.3, 0.4) is 0 Å². The van der Waals surface area contributed by atoms with Crippen LogP contribution in [-0.4, -0.2) is 56.9 Å². The number of rotatable bonds is 8. The van der Waals surface area contributed by atoms with E-state index in [2.05, 4.69) is 5.32 Å². The van der Waals surface area contributed by atoms with Gasteiger partial charge in [-0.25, -0.2) is 9.67 Å². The Morgan fingerprint density at radius 1 is 0.977 bits per heavy atom. The summed E-state index contributed by atoms with van der Waals surface area (Å²) in [5, 5.41) is 7.91. The number of fused-ring (bicyclic) bond motifs is 1. The van der Waals surface area contributed by atoms with Crippen molar-refractivity contribution in [3.8, 4) is 22.7 Å². The van der Waals surface area contributed by atoms with Gasteiger partial charge in [-0.1, -0.05) is 60.2 Å². The molecule has 3 amide bonds. The predicted octanol–water partition coefficient (Wildman–Crippen LogP) is 6.18. The lowest BCUT2D eigenvalue weighted by Gasteiger charge is -2.14. The Kier molecular flexibility index (Phi) is 7.99. The largest absolute Gasteiger partial charge is 0.497 e. The van der Waals surface area contributed by atoms with Crippen molar-refractivity contribution in [1.29, 1.82) is 0 Å². The van der Waals surface area contributed by atoms with Crippen LogP contribution in [0.5, 0.6) is 5.75 Å². The molecule has 1 N–H and O–H groups in total. The van der Waals surface area contributed by atoms with Crippen LogP contribution in [0.25, 0.3) is 34.1 Å². The van der Waals surface area contributed by atoms with Gasteiger partial charge in [0, 0.05) is 18.7 Å². The van der Waals surface area contributed by atoms with E-state index < -0.39 is 5.91 Å². The number of nitrogens with one attached hydrogen (secondary N) is 1. The van der Waals surface area contributed by atoms with Crippen LogP contribution in [0.15, 0.2) is 89.8 Å². The van der Waals surface area contributed by atoms with Crippen molar-refractivity contribution in [3.05, 3.63) is 112 Å². The van der Waals surface area contributed by atoms with Crippen molar-refractivity contribution in [3.63, 3.8) is 0 Å². The summed E-state index contributed by atoms with van der Waals surface area (Å²) in [6.45, 7) is 3.99. The molecule has 1 aliphatic heterocycles. The molecule has 44 heavy (non-hydrogen) atoms. The van der Waals surface area contributed by atoms with Gasteiger partial charge in [-0.15, -0.1) is 0 Å². The first kappa shape index (κ1) is 28.9. The summed E-state index contributed by atoms with van der Waals surface area (Å²) in [6.07, 6.45) is 1.68. The molecule has 1 aliphatic rings. The molecule has 1 saturated heterocycles. The second kappa shape index (κ2) is 12.2.